The van der Waals surface area contributed by atoms with E-state index in [0.29, 0.717) is 47.8 Å². The number of fused-ring (bicyclic) bond motifs is 3. The number of hydrogen-bond donors (Lipinski definition) is 0. The number of benzene rings is 4. The van der Waals surface area contributed by atoms with Crippen LogP contribution in [0.3, 0.4) is 0 Å². The molecule has 3 nitrogen and oxygen atoms in total. The average molecular weight is 959 g/mol. The van der Waals surface area contributed by atoms with E-state index in [-0.39, 0.29) is 35.6 Å². The first-order valence-corrected chi connectivity index (χ1v) is 26.6. The molecule has 10 rings (SSSR count). The summed E-state index contributed by atoms with van der Waals surface area (Å²) in [6, 6.07) is 13.3. The van der Waals surface area contributed by atoms with E-state index >= 15 is 0 Å². The van der Waals surface area contributed by atoms with Crippen molar-refractivity contribution in [2.75, 3.05) is 0 Å². The number of rotatable bonds is 7. The number of aryl methyl sites for hydroxylation is 4. The Hall–Kier alpha value is -4.14. The van der Waals surface area contributed by atoms with Gasteiger partial charge in [0.15, 0.2) is 34.7 Å². The molecule has 0 N–H and O–H groups in total. The van der Waals surface area contributed by atoms with Crippen molar-refractivity contribution in [2.24, 2.45) is 35.5 Å². The van der Waals surface area contributed by atoms with Gasteiger partial charge in [0.05, 0.1) is 18.3 Å². The Balaban J connectivity index is 0.000000141. The summed E-state index contributed by atoms with van der Waals surface area (Å²) in [4.78, 5) is 0. The van der Waals surface area contributed by atoms with Crippen molar-refractivity contribution in [3.05, 3.63) is 122 Å². The van der Waals surface area contributed by atoms with Gasteiger partial charge in [-0.05, 0) is 223 Å². The van der Waals surface area contributed by atoms with Gasteiger partial charge in [0.25, 0.3) is 0 Å². The number of halogens is 6. The third kappa shape index (κ3) is 12.7. The quantitative estimate of drug-likeness (QED) is 0.173. The molecule has 0 amide bonds. The zero-order valence-corrected chi connectivity index (χ0v) is 42.1. The van der Waals surface area contributed by atoms with E-state index in [9.17, 15) is 26.3 Å². The van der Waals surface area contributed by atoms with E-state index in [1.807, 2.05) is 64.1 Å². The first kappa shape index (κ1) is 51.2. The monoisotopic (exact) mass is 959 g/mol. The summed E-state index contributed by atoms with van der Waals surface area (Å²) in [7, 11) is 0. The Morgan fingerprint density at radius 3 is 1.14 bits per heavy atom. The Morgan fingerprint density at radius 2 is 0.739 bits per heavy atom. The highest BCUT2D eigenvalue weighted by atomic mass is 19.2. The van der Waals surface area contributed by atoms with Crippen LogP contribution in [-0.2, 0) is 38.5 Å². The molecule has 3 heterocycles. The Labute approximate surface area is 408 Å². The molecule has 3 saturated carbocycles. The minimum Gasteiger partial charge on any atom is -0.487 e. The van der Waals surface area contributed by atoms with Crippen molar-refractivity contribution in [1.82, 2.24) is 0 Å². The zero-order chi connectivity index (χ0) is 48.9. The molecule has 0 spiro atoms. The third-order valence-electron chi connectivity index (χ3n) is 16.6. The normalized spacial score (nSPS) is 27.3. The molecule has 0 aromatic heterocycles. The second-order valence-corrected chi connectivity index (χ2v) is 22.4. The fourth-order valence-corrected chi connectivity index (χ4v) is 12.1. The van der Waals surface area contributed by atoms with Crippen molar-refractivity contribution >= 4 is 0 Å². The SMILES string of the molecule is CC1CCC(C2CCC(Cc3cc4c(c(F)c3F)OC(C)CC4)CC2)CC1.CC1CCC(Cc2cc3c(c(F)c2F)OC(C)CC3)CC1.Cc1ccc(Cc2cc3c(c(F)c2F)OC(C)CC3)cc1. The predicted octanol–water partition coefficient (Wildman–Crippen LogP) is 16.5. The molecule has 3 unspecified atom stereocenters. The largest absolute Gasteiger partial charge is 0.487 e. The molecule has 3 fully saturated rings. The Bertz CT molecular complexity index is 2360. The summed E-state index contributed by atoms with van der Waals surface area (Å²) < 4.78 is 103. The molecule has 9 heteroatoms. The van der Waals surface area contributed by atoms with Gasteiger partial charge >= 0.3 is 0 Å². The minimum absolute atomic E-state index is 0.0305. The predicted molar refractivity (Wildman–Crippen MR) is 263 cm³/mol. The molecule has 69 heavy (non-hydrogen) atoms. The highest BCUT2D eigenvalue weighted by Crippen LogP contribution is 2.44. The van der Waals surface area contributed by atoms with Crippen molar-refractivity contribution in [3.8, 4) is 17.2 Å². The van der Waals surface area contributed by atoms with Gasteiger partial charge in [-0.15, -0.1) is 0 Å². The van der Waals surface area contributed by atoms with Crippen LogP contribution >= 0.6 is 0 Å². The third-order valence-corrected chi connectivity index (χ3v) is 16.6. The van der Waals surface area contributed by atoms with Gasteiger partial charge in [0.2, 0.25) is 17.5 Å². The molecule has 6 aliphatic rings. The van der Waals surface area contributed by atoms with E-state index < -0.39 is 34.9 Å². The highest BCUT2D eigenvalue weighted by molar-refractivity contribution is 5.44. The van der Waals surface area contributed by atoms with Gasteiger partial charge in [-0.25, -0.2) is 13.2 Å². The van der Waals surface area contributed by atoms with Crippen LogP contribution in [0.15, 0.2) is 42.5 Å². The second kappa shape index (κ2) is 22.9. The molecule has 3 atom stereocenters. The van der Waals surface area contributed by atoms with Crippen LogP contribution in [0.2, 0.25) is 0 Å². The highest BCUT2D eigenvalue weighted by Gasteiger charge is 2.33. The molecular weight excluding hydrogens is 883 g/mol. The van der Waals surface area contributed by atoms with Crippen molar-refractivity contribution < 1.29 is 40.6 Å². The maximum atomic E-state index is 14.6. The number of hydrogen-bond acceptors (Lipinski definition) is 3. The van der Waals surface area contributed by atoms with Gasteiger partial charge in [0, 0.05) is 6.42 Å². The molecule has 3 aliphatic carbocycles. The molecule has 0 saturated heterocycles. The van der Waals surface area contributed by atoms with Gasteiger partial charge in [-0.1, -0.05) is 69.4 Å². The van der Waals surface area contributed by atoms with Crippen LogP contribution in [0.25, 0.3) is 0 Å². The maximum absolute atomic E-state index is 14.6. The lowest BCUT2D eigenvalue weighted by atomic mass is 9.69. The maximum Gasteiger partial charge on any atom is 0.201 e. The summed E-state index contributed by atoms with van der Waals surface area (Å²) in [6.45, 7) is 12.3. The van der Waals surface area contributed by atoms with Crippen LogP contribution < -0.4 is 14.2 Å². The van der Waals surface area contributed by atoms with Crippen LogP contribution in [0.1, 0.15) is 175 Å². The lowest BCUT2D eigenvalue weighted by molar-refractivity contribution is 0.149. The summed E-state index contributed by atoms with van der Waals surface area (Å²) in [6.07, 6.45) is 21.7. The topological polar surface area (TPSA) is 27.7 Å². The van der Waals surface area contributed by atoms with E-state index in [1.165, 1.54) is 64.2 Å². The molecule has 3 aliphatic heterocycles. The van der Waals surface area contributed by atoms with E-state index in [1.54, 1.807) is 6.07 Å². The van der Waals surface area contributed by atoms with E-state index in [2.05, 4.69) is 13.8 Å². The standard InChI is InChI=1S/C24H34F2O.C18H24F2O.C18H18F2O/c1-15-3-8-18(9-4-15)19-11-6-17(7-12-19)13-21-14-20-10-5-16(2)27-24(20)23(26)22(21)25;2*1-11-3-6-13(7-4-11)9-15-10-14-8-5-12(2)21-18(14)17(20)16(15)19/h14-19H,3-13H2,1-2H3;10-13H,3-9H2,1-2H3;3-4,6-7,10,12H,5,8-9H2,1-2H3. The summed E-state index contributed by atoms with van der Waals surface area (Å²) >= 11 is 0. The van der Waals surface area contributed by atoms with Crippen LogP contribution in [0, 0.1) is 77.3 Å². The van der Waals surface area contributed by atoms with Gasteiger partial charge in [-0.2, -0.15) is 13.2 Å². The smallest absolute Gasteiger partial charge is 0.201 e. The molecule has 4 aromatic carbocycles. The van der Waals surface area contributed by atoms with Crippen LogP contribution in [0.4, 0.5) is 26.3 Å². The molecular formula is C60H76F6O3. The Morgan fingerprint density at radius 1 is 0.406 bits per heavy atom. The first-order chi connectivity index (χ1) is 33.1. The van der Waals surface area contributed by atoms with Crippen LogP contribution in [-0.4, -0.2) is 18.3 Å². The molecule has 0 bridgehead atoms. The summed E-state index contributed by atoms with van der Waals surface area (Å²) in [5, 5.41) is 0. The van der Waals surface area contributed by atoms with E-state index in [4.69, 9.17) is 14.2 Å². The van der Waals surface area contributed by atoms with Gasteiger partial charge in [-0.3, -0.25) is 0 Å². The lowest BCUT2D eigenvalue weighted by Gasteiger charge is -2.37. The zero-order valence-electron chi connectivity index (χ0n) is 42.1. The van der Waals surface area contributed by atoms with E-state index in [0.717, 1.165) is 103 Å². The summed E-state index contributed by atoms with van der Waals surface area (Å²) in [5.41, 5.74) is 6.10. The van der Waals surface area contributed by atoms with Gasteiger partial charge < -0.3 is 14.2 Å². The fourth-order valence-electron chi connectivity index (χ4n) is 12.1. The summed E-state index contributed by atoms with van der Waals surface area (Å²) in [5.74, 6) is 0.322. The Kier molecular flexibility index (Phi) is 17.0. The first-order valence-electron chi connectivity index (χ1n) is 26.6. The average Bonchev–Trinajstić information content (AvgIpc) is 3.34. The molecule has 4 aromatic rings. The van der Waals surface area contributed by atoms with Crippen LogP contribution in [0.5, 0.6) is 17.2 Å². The molecule has 0 radical (unpaired) electrons. The van der Waals surface area contributed by atoms with Crippen molar-refractivity contribution in [2.45, 2.75) is 195 Å². The van der Waals surface area contributed by atoms with Gasteiger partial charge in [0.1, 0.15) is 0 Å². The molecule has 376 valence electrons. The minimum atomic E-state index is -0.846. The fraction of sp³-hybridized carbons (Fsp3) is 0.600. The van der Waals surface area contributed by atoms with Crippen molar-refractivity contribution in [1.29, 1.82) is 0 Å². The number of ether oxygens (including phenoxy) is 3. The van der Waals surface area contributed by atoms with Crippen molar-refractivity contribution in [3.63, 3.8) is 0 Å². The lowest BCUT2D eigenvalue weighted by Crippen LogP contribution is -2.26. The second-order valence-electron chi connectivity index (χ2n) is 22.4.